The van der Waals surface area contributed by atoms with Crippen molar-refractivity contribution < 1.29 is 18.9 Å². The van der Waals surface area contributed by atoms with Crippen LogP contribution in [-0.4, -0.2) is 33.5 Å². The summed E-state index contributed by atoms with van der Waals surface area (Å²) in [5, 5.41) is 0. The fraction of sp³-hybridized carbons (Fsp3) is 0.455. The maximum Gasteiger partial charge on any atom is 0.161 e. The molecule has 142 valence electrons. The van der Waals surface area contributed by atoms with E-state index in [1.54, 1.807) is 7.11 Å². The van der Waals surface area contributed by atoms with Gasteiger partial charge in [0.1, 0.15) is 19.0 Å². The summed E-state index contributed by atoms with van der Waals surface area (Å²) in [5.41, 5.74) is 3.57. The Morgan fingerprint density at radius 1 is 0.769 bits per heavy atom. The zero-order valence-corrected chi connectivity index (χ0v) is 16.5. The second-order valence-corrected chi connectivity index (χ2v) is 6.64. The Hall–Kier alpha value is -2.20. The molecule has 0 aliphatic heterocycles. The fourth-order valence-electron chi connectivity index (χ4n) is 2.55. The van der Waals surface area contributed by atoms with Crippen LogP contribution in [0.25, 0.3) is 0 Å². The third-order valence-corrected chi connectivity index (χ3v) is 4.17. The molecule has 0 radical (unpaired) electrons. The van der Waals surface area contributed by atoms with Gasteiger partial charge in [-0.1, -0.05) is 32.0 Å². The van der Waals surface area contributed by atoms with Crippen LogP contribution in [0.2, 0.25) is 0 Å². The topological polar surface area (TPSA) is 36.9 Å². The molecule has 0 amide bonds. The average molecular weight is 358 g/mol. The van der Waals surface area contributed by atoms with E-state index in [0.29, 0.717) is 32.3 Å². The Morgan fingerprint density at radius 3 is 2.12 bits per heavy atom. The number of rotatable bonds is 10. The summed E-state index contributed by atoms with van der Waals surface area (Å²) in [6.45, 7) is 10.5. The van der Waals surface area contributed by atoms with Gasteiger partial charge in [0.05, 0.1) is 20.3 Å². The summed E-state index contributed by atoms with van der Waals surface area (Å²) in [7, 11) is 1.64. The van der Waals surface area contributed by atoms with E-state index in [1.165, 1.54) is 5.56 Å². The lowest BCUT2D eigenvalue weighted by Crippen LogP contribution is -2.12. The van der Waals surface area contributed by atoms with Crippen LogP contribution in [0.15, 0.2) is 36.4 Å². The minimum Gasteiger partial charge on any atom is -0.493 e. The van der Waals surface area contributed by atoms with Gasteiger partial charge in [0.15, 0.2) is 11.5 Å². The molecule has 0 saturated heterocycles. The molecule has 0 aliphatic rings. The average Bonchev–Trinajstić information content (AvgIpc) is 2.62. The van der Waals surface area contributed by atoms with Gasteiger partial charge in [-0.15, -0.1) is 0 Å². The lowest BCUT2D eigenvalue weighted by atomic mass is 10.0. The Labute approximate surface area is 157 Å². The van der Waals surface area contributed by atoms with E-state index in [-0.39, 0.29) is 0 Å². The molecular formula is C22H30O4. The molecule has 0 atom stereocenters. The van der Waals surface area contributed by atoms with Crippen molar-refractivity contribution in [1.29, 1.82) is 0 Å². The van der Waals surface area contributed by atoms with Crippen molar-refractivity contribution in [1.82, 2.24) is 0 Å². The molecular weight excluding hydrogens is 328 g/mol. The first-order chi connectivity index (χ1) is 12.5. The third kappa shape index (κ3) is 5.95. The molecule has 0 heterocycles. The Morgan fingerprint density at radius 2 is 1.46 bits per heavy atom. The van der Waals surface area contributed by atoms with E-state index in [0.717, 1.165) is 28.4 Å². The molecule has 0 unspecified atom stereocenters. The molecule has 2 aromatic rings. The molecule has 26 heavy (non-hydrogen) atoms. The second-order valence-electron chi connectivity index (χ2n) is 6.64. The lowest BCUT2D eigenvalue weighted by Gasteiger charge is -2.13. The van der Waals surface area contributed by atoms with Crippen LogP contribution in [0.3, 0.4) is 0 Å². The molecule has 2 rings (SSSR count). The lowest BCUT2D eigenvalue weighted by molar-refractivity contribution is 0.0755. The maximum absolute atomic E-state index is 5.86. The van der Waals surface area contributed by atoms with E-state index >= 15 is 0 Å². The summed E-state index contributed by atoms with van der Waals surface area (Å²) in [6.07, 6.45) is 0. The first-order valence-corrected chi connectivity index (χ1v) is 9.09. The summed E-state index contributed by atoms with van der Waals surface area (Å²) < 4.78 is 22.5. The summed E-state index contributed by atoms with van der Waals surface area (Å²) in [5.74, 6) is 2.90. The maximum atomic E-state index is 5.86. The summed E-state index contributed by atoms with van der Waals surface area (Å²) in [6, 6.07) is 12.3. The molecule has 0 saturated carbocycles. The molecule has 0 aromatic heterocycles. The molecule has 4 heteroatoms. The smallest absolute Gasteiger partial charge is 0.161 e. The quantitative estimate of drug-likeness (QED) is 0.566. The first kappa shape index (κ1) is 20.1. The highest BCUT2D eigenvalue weighted by Crippen LogP contribution is 2.27. The fourth-order valence-corrected chi connectivity index (χ4v) is 2.55. The van der Waals surface area contributed by atoms with Gasteiger partial charge in [-0.3, -0.25) is 0 Å². The summed E-state index contributed by atoms with van der Waals surface area (Å²) >= 11 is 0. The van der Waals surface area contributed by atoms with Gasteiger partial charge in [-0.25, -0.2) is 0 Å². The van der Waals surface area contributed by atoms with Gasteiger partial charge < -0.3 is 18.9 Å². The van der Waals surface area contributed by atoms with Crippen LogP contribution in [0.4, 0.5) is 0 Å². The van der Waals surface area contributed by atoms with Gasteiger partial charge >= 0.3 is 0 Å². The molecule has 0 bridgehead atoms. The van der Waals surface area contributed by atoms with Gasteiger partial charge in [-0.05, 0) is 54.7 Å². The van der Waals surface area contributed by atoms with Gasteiger partial charge in [0, 0.05) is 0 Å². The van der Waals surface area contributed by atoms with Crippen LogP contribution < -0.4 is 14.2 Å². The van der Waals surface area contributed by atoms with E-state index in [2.05, 4.69) is 39.0 Å². The normalized spacial score (nSPS) is 10.8. The number of ether oxygens (including phenoxy) is 4. The van der Waals surface area contributed by atoms with Crippen molar-refractivity contribution >= 4 is 0 Å². The molecule has 2 aromatic carbocycles. The van der Waals surface area contributed by atoms with E-state index in [9.17, 15) is 0 Å². The van der Waals surface area contributed by atoms with Crippen molar-refractivity contribution in [2.24, 2.45) is 0 Å². The van der Waals surface area contributed by atoms with Crippen molar-refractivity contribution in [3.63, 3.8) is 0 Å². The zero-order valence-electron chi connectivity index (χ0n) is 16.5. The first-order valence-electron chi connectivity index (χ1n) is 9.09. The van der Waals surface area contributed by atoms with Gasteiger partial charge in [0.2, 0.25) is 0 Å². The minimum absolute atomic E-state index is 0.473. The molecule has 4 nitrogen and oxygen atoms in total. The SMILES string of the molecule is COc1cc(C)ccc1OCCOCCOc1cc(C(C)C)ccc1C. The van der Waals surface area contributed by atoms with Gasteiger partial charge in [-0.2, -0.15) is 0 Å². The zero-order chi connectivity index (χ0) is 18.9. The van der Waals surface area contributed by atoms with Crippen molar-refractivity contribution in [2.75, 3.05) is 33.5 Å². The highest BCUT2D eigenvalue weighted by Gasteiger charge is 2.06. The van der Waals surface area contributed by atoms with Crippen LogP contribution in [0, 0.1) is 13.8 Å². The van der Waals surface area contributed by atoms with Crippen LogP contribution >= 0.6 is 0 Å². The van der Waals surface area contributed by atoms with E-state index < -0.39 is 0 Å². The number of aryl methyl sites for hydroxylation is 2. The molecule has 0 N–H and O–H groups in total. The second kappa shape index (κ2) is 10.1. The summed E-state index contributed by atoms with van der Waals surface area (Å²) in [4.78, 5) is 0. The molecule has 0 aliphatic carbocycles. The van der Waals surface area contributed by atoms with Crippen molar-refractivity contribution in [2.45, 2.75) is 33.6 Å². The van der Waals surface area contributed by atoms with Crippen molar-refractivity contribution in [3.05, 3.63) is 53.1 Å². The Kier molecular flexibility index (Phi) is 7.79. The van der Waals surface area contributed by atoms with Crippen LogP contribution in [-0.2, 0) is 4.74 Å². The Balaban J connectivity index is 1.68. The van der Waals surface area contributed by atoms with Crippen LogP contribution in [0.5, 0.6) is 17.2 Å². The number of hydrogen-bond acceptors (Lipinski definition) is 4. The Bertz CT molecular complexity index is 695. The largest absolute Gasteiger partial charge is 0.493 e. The van der Waals surface area contributed by atoms with Crippen LogP contribution in [0.1, 0.15) is 36.5 Å². The monoisotopic (exact) mass is 358 g/mol. The number of methoxy groups -OCH3 is 1. The highest BCUT2D eigenvalue weighted by atomic mass is 16.6. The molecule has 0 fully saturated rings. The van der Waals surface area contributed by atoms with Crippen molar-refractivity contribution in [3.8, 4) is 17.2 Å². The van der Waals surface area contributed by atoms with E-state index in [4.69, 9.17) is 18.9 Å². The predicted octanol–water partition coefficient (Wildman–Crippen LogP) is 4.91. The van der Waals surface area contributed by atoms with Gasteiger partial charge in [0.25, 0.3) is 0 Å². The highest BCUT2D eigenvalue weighted by molar-refractivity contribution is 5.42. The number of benzene rings is 2. The minimum atomic E-state index is 0.473. The third-order valence-electron chi connectivity index (χ3n) is 4.17. The number of hydrogen-bond donors (Lipinski definition) is 0. The van der Waals surface area contributed by atoms with E-state index in [1.807, 2.05) is 25.1 Å². The predicted molar refractivity (Wildman–Crippen MR) is 105 cm³/mol. The molecule has 0 spiro atoms. The standard InChI is InChI=1S/C22H30O4/c1-16(2)19-8-7-18(4)21(15-19)26-13-11-24-10-12-25-20-9-6-17(3)14-22(20)23-5/h6-9,14-16H,10-13H2,1-5H3.